The van der Waals surface area contributed by atoms with Gasteiger partial charge in [0.25, 0.3) is 0 Å². The van der Waals surface area contributed by atoms with Crippen LogP contribution in [0.3, 0.4) is 0 Å². The maximum absolute atomic E-state index is 5.47. The maximum Gasteiger partial charge on any atom is 0.200 e. The normalized spacial score (nSPS) is 11.2. The molecule has 4 rings (SSSR count). The Balaban J connectivity index is 2.08. The summed E-state index contributed by atoms with van der Waals surface area (Å²) in [5.41, 5.74) is 4.25. The van der Waals surface area contributed by atoms with Crippen LogP contribution in [0.15, 0.2) is 49.1 Å². The summed E-state index contributed by atoms with van der Waals surface area (Å²) < 4.78 is 3.62. The van der Waals surface area contributed by atoms with Crippen LogP contribution < -0.4 is 11.3 Å². The van der Waals surface area contributed by atoms with E-state index in [4.69, 9.17) is 5.84 Å². The average molecular weight is 265 g/mol. The lowest BCUT2D eigenvalue weighted by atomic mass is 10.2. The van der Waals surface area contributed by atoms with Crippen molar-refractivity contribution in [2.24, 2.45) is 5.84 Å². The molecule has 7 heteroatoms. The molecule has 20 heavy (non-hydrogen) atoms. The third-order valence-electron chi connectivity index (χ3n) is 3.18. The van der Waals surface area contributed by atoms with Crippen molar-refractivity contribution in [1.82, 2.24) is 24.1 Å². The number of nitrogens with two attached hydrogens (primary N) is 1. The fraction of sp³-hybridized carbons (Fsp3) is 0. The van der Waals surface area contributed by atoms with Crippen molar-refractivity contribution in [3.05, 3.63) is 49.1 Å². The molecule has 0 spiro atoms. The minimum atomic E-state index is 0.546. The Morgan fingerprint density at radius 2 is 2.10 bits per heavy atom. The standard InChI is InChI=1S/C13H11N7/c14-18-11-8-19-6-5-15-12(19)13(17-11)20-10-4-2-1-3-9(10)7-16-20/h1-8,18H,14H2. The first kappa shape index (κ1) is 10.9. The van der Waals surface area contributed by atoms with Crippen molar-refractivity contribution in [1.29, 1.82) is 0 Å². The van der Waals surface area contributed by atoms with E-state index in [9.17, 15) is 0 Å². The number of nitrogens with zero attached hydrogens (tertiary/aromatic N) is 5. The minimum absolute atomic E-state index is 0.546. The number of benzene rings is 1. The Hall–Kier alpha value is -2.93. The van der Waals surface area contributed by atoms with Gasteiger partial charge in [-0.05, 0) is 6.07 Å². The van der Waals surface area contributed by atoms with Crippen LogP contribution in [0.5, 0.6) is 0 Å². The highest BCUT2D eigenvalue weighted by Gasteiger charge is 2.12. The first-order valence-electron chi connectivity index (χ1n) is 6.10. The van der Waals surface area contributed by atoms with Gasteiger partial charge in [0.05, 0.1) is 17.9 Å². The minimum Gasteiger partial charge on any atom is -0.307 e. The number of nitrogen functional groups attached to an aromatic ring is 1. The monoisotopic (exact) mass is 265 g/mol. The zero-order valence-electron chi connectivity index (χ0n) is 10.4. The van der Waals surface area contributed by atoms with Gasteiger partial charge < -0.3 is 9.83 Å². The van der Waals surface area contributed by atoms with Gasteiger partial charge in [-0.1, -0.05) is 18.2 Å². The molecule has 0 radical (unpaired) electrons. The first-order chi connectivity index (χ1) is 9.86. The molecule has 0 fully saturated rings. The Labute approximate surface area is 113 Å². The molecule has 3 aromatic heterocycles. The summed E-state index contributed by atoms with van der Waals surface area (Å²) in [4.78, 5) is 8.79. The number of imidazole rings is 1. The molecular weight excluding hydrogens is 254 g/mol. The summed E-state index contributed by atoms with van der Waals surface area (Å²) in [6, 6.07) is 7.94. The van der Waals surface area contributed by atoms with E-state index >= 15 is 0 Å². The average Bonchev–Trinajstić information content (AvgIpc) is 3.12. The molecule has 0 aliphatic carbocycles. The molecule has 0 bridgehead atoms. The number of hydrazine groups is 1. The molecule has 3 heterocycles. The van der Waals surface area contributed by atoms with Gasteiger partial charge >= 0.3 is 0 Å². The zero-order chi connectivity index (χ0) is 13.5. The molecule has 0 amide bonds. The van der Waals surface area contributed by atoms with E-state index in [1.165, 1.54) is 0 Å². The van der Waals surface area contributed by atoms with Crippen LogP contribution in [0.1, 0.15) is 0 Å². The second kappa shape index (κ2) is 4.04. The number of fused-ring (bicyclic) bond motifs is 2. The van der Waals surface area contributed by atoms with Gasteiger partial charge in [0.15, 0.2) is 17.3 Å². The van der Waals surface area contributed by atoms with Crippen LogP contribution in [0.2, 0.25) is 0 Å². The van der Waals surface area contributed by atoms with Gasteiger partial charge in [-0.3, -0.25) is 0 Å². The molecule has 0 atom stereocenters. The van der Waals surface area contributed by atoms with Gasteiger partial charge in [-0.2, -0.15) is 5.10 Å². The van der Waals surface area contributed by atoms with Crippen molar-refractivity contribution >= 4 is 22.4 Å². The Morgan fingerprint density at radius 3 is 3.00 bits per heavy atom. The number of para-hydroxylation sites is 1. The number of hydrogen-bond acceptors (Lipinski definition) is 5. The van der Waals surface area contributed by atoms with Crippen LogP contribution in [-0.2, 0) is 0 Å². The highest BCUT2D eigenvalue weighted by molar-refractivity contribution is 5.81. The van der Waals surface area contributed by atoms with Crippen LogP contribution in [0.25, 0.3) is 22.4 Å². The van der Waals surface area contributed by atoms with Gasteiger partial charge in [0.1, 0.15) is 0 Å². The van der Waals surface area contributed by atoms with Crippen molar-refractivity contribution < 1.29 is 0 Å². The van der Waals surface area contributed by atoms with Gasteiger partial charge in [0, 0.05) is 17.8 Å². The molecule has 7 nitrogen and oxygen atoms in total. The second-order valence-electron chi connectivity index (χ2n) is 4.37. The van der Waals surface area contributed by atoms with Crippen LogP contribution in [0.4, 0.5) is 5.82 Å². The first-order valence-corrected chi connectivity index (χ1v) is 6.10. The highest BCUT2D eigenvalue weighted by Crippen LogP contribution is 2.20. The summed E-state index contributed by atoms with van der Waals surface area (Å²) in [5.74, 6) is 6.65. The van der Waals surface area contributed by atoms with Crippen LogP contribution in [0, 0.1) is 0 Å². The van der Waals surface area contributed by atoms with E-state index in [1.54, 1.807) is 23.3 Å². The summed E-state index contributed by atoms with van der Waals surface area (Å²) in [6.07, 6.45) is 7.13. The maximum atomic E-state index is 5.47. The lowest BCUT2D eigenvalue weighted by molar-refractivity contribution is 0.868. The zero-order valence-corrected chi connectivity index (χ0v) is 10.4. The highest BCUT2D eigenvalue weighted by atomic mass is 15.3. The van der Waals surface area contributed by atoms with E-state index in [0.717, 1.165) is 16.6 Å². The molecule has 4 aromatic rings. The molecule has 0 saturated heterocycles. The predicted molar refractivity (Wildman–Crippen MR) is 75.4 cm³/mol. The Bertz CT molecular complexity index is 905. The third kappa shape index (κ3) is 1.47. The van der Waals surface area contributed by atoms with E-state index < -0.39 is 0 Å². The third-order valence-corrected chi connectivity index (χ3v) is 3.18. The lowest BCUT2D eigenvalue weighted by Crippen LogP contribution is -2.12. The molecule has 98 valence electrons. The van der Waals surface area contributed by atoms with E-state index in [2.05, 4.69) is 20.5 Å². The van der Waals surface area contributed by atoms with E-state index in [0.29, 0.717) is 11.6 Å². The molecule has 0 saturated carbocycles. The van der Waals surface area contributed by atoms with Crippen molar-refractivity contribution in [2.75, 3.05) is 5.43 Å². The summed E-state index contributed by atoms with van der Waals surface area (Å²) in [5, 5.41) is 5.45. The fourth-order valence-corrected chi connectivity index (χ4v) is 2.27. The van der Waals surface area contributed by atoms with Crippen LogP contribution in [-0.4, -0.2) is 24.1 Å². The molecule has 0 unspecified atom stereocenters. The number of hydrogen-bond donors (Lipinski definition) is 2. The molecule has 3 N–H and O–H groups in total. The topological polar surface area (TPSA) is 86.1 Å². The van der Waals surface area contributed by atoms with Gasteiger partial charge in [-0.25, -0.2) is 20.5 Å². The van der Waals surface area contributed by atoms with Crippen molar-refractivity contribution in [3.63, 3.8) is 0 Å². The SMILES string of the molecule is NNc1cn2ccnc2c(-n2ncc3ccccc32)n1. The molecule has 0 aliphatic heterocycles. The van der Waals surface area contributed by atoms with Crippen molar-refractivity contribution in [2.45, 2.75) is 0 Å². The molecule has 1 aromatic carbocycles. The smallest absolute Gasteiger partial charge is 0.200 e. The quantitative estimate of drug-likeness (QED) is 0.422. The number of anilines is 1. The number of aromatic nitrogens is 5. The van der Waals surface area contributed by atoms with Crippen LogP contribution >= 0.6 is 0 Å². The fourth-order valence-electron chi connectivity index (χ4n) is 2.27. The Kier molecular flexibility index (Phi) is 2.21. The summed E-state index contributed by atoms with van der Waals surface area (Å²) in [6.45, 7) is 0. The molecular formula is C13H11N7. The summed E-state index contributed by atoms with van der Waals surface area (Å²) >= 11 is 0. The van der Waals surface area contributed by atoms with E-state index in [-0.39, 0.29) is 0 Å². The van der Waals surface area contributed by atoms with E-state index in [1.807, 2.05) is 34.9 Å². The van der Waals surface area contributed by atoms with Crippen molar-refractivity contribution in [3.8, 4) is 5.82 Å². The summed E-state index contributed by atoms with van der Waals surface area (Å²) in [7, 11) is 0. The van der Waals surface area contributed by atoms with Gasteiger partial charge in [0.2, 0.25) is 0 Å². The number of rotatable bonds is 2. The largest absolute Gasteiger partial charge is 0.307 e. The Morgan fingerprint density at radius 1 is 1.20 bits per heavy atom. The lowest BCUT2D eigenvalue weighted by Gasteiger charge is -2.07. The second-order valence-corrected chi connectivity index (χ2v) is 4.37. The molecule has 0 aliphatic rings. The van der Waals surface area contributed by atoms with Gasteiger partial charge in [-0.15, -0.1) is 0 Å². The number of nitrogens with one attached hydrogen (secondary N) is 1. The predicted octanol–water partition coefficient (Wildman–Crippen LogP) is 1.35.